The van der Waals surface area contributed by atoms with Crippen LogP contribution in [0.15, 0.2) is 24.3 Å². The molecule has 1 fully saturated rings. The maximum atomic E-state index is 13.0. The summed E-state index contributed by atoms with van der Waals surface area (Å²) in [6, 6.07) is 5.59. The third kappa shape index (κ3) is 3.91. The van der Waals surface area contributed by atoms with Gasteiger partial charge in [-0.2, -0.15) is 0 Å². The zero-order chi connectivity index (χ0) is 14.6. The molecule has 0 bridgehead atoms. The minimum Gasteiger partial charge on any atom is -0.481 e. The van der Waals surface area contributed by atoms with Gasteiger partial charge in [0.15, 0.2) is 6.10 Å². The first-order valence-corrected chi connectivity index (χ1v) is 6.49. The molecule has 1 heterocycles. The van der Waals surface area contributed by atoms with Gasteiger partial charge in [0.05, 0.1) is 6.61 Å². The summed E-state index contributed by atoms with van der Waals surface area (Å²) in [5, 5.41) is 12.6. The number of rotatable bonds is 5. The highest BCUT2D eigenvalue weighted by molar-refractivity contribution is 5.80. The molecule has 2 atom stereocenters. The third-order valence-electron chi connectivity index (χ3n) is 3.15. The number of carbonyl (C=O) groups excluding carboxylic acids is 1. The summed E-state index contributed by atoms with van der Waals surface area (Å²) >= 11 is 0. The molecule has 0 saturated carbocycles. The number of benzene rings is 1. The van der Waals surface area contributed by atoms with Gasteiger partial charge in [0.25, 0.3) is 5.91 Å². The summed E-state index contributed by atoms with van der Waals surface area (Å²) in [7, 11) is 0. The standard InChI is InChI=1S/C14H18FNO4/c1-10(20-12-4-2-3-11(15)7-12)13(17)16-8-14(18)5-6-19-9-14/h2-4,7,10,18H,5-6,8-9H2,1H3,(H,16,17). The molecular formula is C14H18FNO4. The number of nitrogens with one attached hydrogen (secondary N) is 1. The van der Waals surface area contributed by atoms with E-state index >= 15 is 0 Å². The van der Waals surface area contributed by atoms with Crippen molar-refractivity contribution in [2.45, 2.75) is 25.0 Å². The average molecular weight is 283 g/mol. The second kappa shape index (κ2) is 6.19. The topological polar surface area (TPSA) is 67.8 Å². The first kappa shape index (κ1) is 14.7. The van der Waals surface area contributed by atoms with Crippen molar-refractivity contribution >= 4 is 5.91 Å². The number of amides is 1. The van der Waals surface area contributed by atoms with E-state index in [1.807, 2.05) is 0 Å². The predicted octanol–water partition coefficient (Wildman–Crippen LogP) is 0.861. The van der Waals surface area contributed by atoms with Crippen molar-refractivity contribution in [1.29, 1.82) is 0 Å². The van der Waals surface area contributed by atoms with Crippen LogP contribution in [0.3, 0.4) is 0 Å². The van der Waals surface area contributed by atoms with Crippen molar-refractivity contribution in [1.82, 2.24) is 5.32 Å². The van der Waals surface area contributed by atoms with Gasteiger partial charge in [0, 0.05) is 25.6 Å². The Morgan fingerprint density at radius 1 is 1.65 bits per heavy atom. The smallest absolute Gasteiger partial charge is 0.260 e. The van der Waals surface area contributed by atoms with Crippen molar-refractivity contribution < 1.29 is 23.8 Å². The average Bonchev–Trinajstić information content (AvgIpc) is 2.83. The van der Waals surface area contributed by atoms with E-state index in [0.29, 0.717) is 13.0 Å². The van der Waals surface area contributed by atoms with Crippen LogP contribution in [0, 0.1) is 5.82 Å². The fraction of sp³-hybridized carbons (Fsp3) is 0.500. The van der Waals surface area contributed by atoms with E-state index in [-0.39, 0.29) is 24.8 Å². The summed E-state index contributed by atoms with van der Waals surface area (Å²) < 4.78 is 23.4. The van der Waals surface area contributed by atoms with E-state index in [9.17, 15) is 14.3 Å². The zero-order valence-electron chi connectivity index (χ0n) is 11.3. The SMILES string of the molecule is CC(Oc1cccc(F)c1)C(=O)NCC1(O)CCOC1. The molecule has 1 saturated heterocycles. The third-order valence-corrected chi connectivity index (χ3v) is 3.15. The second-order valence-corrected chi connectivity index (χ2v) is 4.96. The lowest BCUT2D eigenvalue weighted by Crippen LogP contribution is -2.46. The Morgan fingerprint density at radius 2 is 2.45 bits per heavy atom. The molecule has 1 aromatic carbocycles. The molecule has 110 valence electrons. The van der Waals surface area contributed by atoms with Crippen LogP contribution in [-0.4, -0.2) is 42.5 Å². The van der Waals surface area contributed by atoms with E-state index in [1.54, 1.807) is 13.0 Å². The van der Waals surface area contributed by atoms with Crippen LogP contribution in [0.25, 0.3) is 0 Å². The summed E-state index contributed by atoms with van der Waals surface area (Å²) in [6.45, 7) is 2.38. The normalized spacial score (nSPS) is 23.4. The monoisotopic (exact) mass is 283 g/mol. The Morgan fingerprint density at radius 3 is 3.10 bits per heavy atom. The predicted molar refractivity (Wildman–Crippen MR) is 69.9 cm³/mol. The van der Waals surface area contributed by atoms with Gasteiger partial charge < -0.3 is 19.9 Å². The molecule has 0 aliphatic carbocycles. The molecule has 6 heteroatoms. The summed E-state index contributed by atoms with van der Waals surface area (Å²) in [5.74, 6) is -0.502. The fourth-order valence-corrected chi connectivity index (χ4v) is 1.93. The first-order valence-electron chi connectivity index (χ1n) is 6.49. The van der Waals surface area contributed by atoms with E-state index in [2.05, 4.69) is 5.32 Å². The van der Waals surface area contributed by atoms with E-state index in [1.165, 1.54) is 18.2 Å². The van der Waals surface area contributed by atoms with Gasteiger partial charge in [0.1, 0.15) is 17.2 Å². The molecule has 2 unspecified atom stereocenters. The van der Waals surface area contributed by atoms with Gasteiger partial charge in [-0.15, -0.1) is 0 Å². The molecule has 0 spiro atoms. The van der Waals surface area contributed by atoms with E-state index < -0.39 is 17.5 Å². The van der Waals surface area contributed by atoms with Crippen molar-refractivity contribution in [3.63, 3.8) is 0 Å². The zero-order valence-corrected chi connectivity index (χ0v) is 11.3. The Hall–Kier alpha value is -1.66. The number of hydrogen-bond acceptors (Lipinski definition) is 4. The van der Waals surface area contributed by atoms with Crippen molar-refractivity contribution in [2.24, 2.45) is 0 Å². The lowest BCUT2D eigenvalue weighted by atomic mass is 10.0. The van der Waals surface area contributed by atoms with Crippen LogP contribution in [0.5, 0.6) is 5.75 Å². The molecule has 0 radical (unpaired) electrons. The summed E-state index contributed by atoms with van der Waals surface area (Å²) in [5.41, 5.74) is -1.01. The van der Waals surface area contributed by atoms with Crippen LogP contribution in [-0.2, 0) is 9.53 Å². The quantitative estimate of drug-likeness (QED) is 0.841. The van der Waals surface area contributed by atoms with Crippen LogP contribution >= 0.6 is 0 Å². The van der Waals surface area contributed by atoms with Crippen LogP contribution in [0.1, 0.15) is 13.3 Å². The molecule has 5 nitrogen and oxygen atoms in total. The Bertz CT molecular complexity index is 474. The van der Waals surface area contributed by atoms with Gasteiger partial charge in [-0.25, -0.2) is 4.39 Å². The Balaban J connectivity index is 1.83. The first-order chi connectivity index (χ1) is 9.48. The maximum Gasteiger partial charge on any atom is 0.260 e. The van der Waals surface area contributed by atoms with Crippen molar-refractivity contribution in [2.75, 3.05) is 19.8 Å². The summed E-state index contributed by atoms with van der Waals surface area (Å²) in [6.07, 6.45) is -0.283. The number of ether oxygens (including phenoxy) is 2. The van der Waals surface area contributed by atoms with Crippen LogP contribution in [0.2, 0.25) is 0 Å². The van der Waals surface area contributed by atoms with Gasteiger partial charge >= 0.3 is 0 Å². The Kier molecular flexibility index (Phi) is 4.57. The summed E-state index contributed by atoms with van der Waals surface area (Å²) in [4.78, 5) is 11.8. The number of halogens is 1. The second-order valence-electron chi connectivity index (χ2n) is 4.96. The lowest BCUT2D eigenvalue weighted by Gasteiger charge is -2.22. The molecular weight excluding hydrogens is 265 g/mol. The van der Waals surface area contributed by atoms with Gasteiger partial charge in [-0.1, -0.05) is 6.07 Å². The molecule has 0 aromatic heterocycles. The fourth-order valence-electron chi connectivity index (χ4n) is 1.93. The molecule has 2 N–H and O–H groups in total. The molecule has 20 heavy (non-hydrogen) atoms. The highest BCUT2D eigenvalue weighted by atomic mass is 19.1. The van der Waals surface area contributed by atoms with Crippen LogP contribution < -0.4 is 10.1 Å². The Labute approximate surface area is 116 Å². The number of carbonyl (C=O) groups is 1. The van der Waals surface area contributed by atoms with Gasteiger partial charge in [0.2, 0.25) is 0 Å². The minimum absolute atomic E-state index is 0.114. The largest absolute Gasteiger partial charge is 0.481 e. The lowest BCUT2D eigenvalue weighted by molar-refractivity contribution is -0.128. The molecule has 1 aliphatic heterocycles. The van der Waals surface area contributed by atoms with E-state index in [0.717, 1.165) is 0 Å². The highest BCUT2D eigenvalue weighted by Gasteiger charge is 2.33. The number of aliphatic hydroxyl groups is 1. The van der Waals surface area contributed by atoms with Gasteiger partial charge in [-0.05, 0) is 19.1 Å². The molecule has 2 rings (SSSR count). The van der Waals surface area contributed by atoms with Crippen LogP contribution in [0.4, 0.5) is 4.39 Å². The highest BCUT2D eigenvalue weighted by Crippen LogP contribution is 2.17. The molecule has 1 aromatic rings. The maximum absolute atomic E-state index is 13.0. The number of hydrogen-bond donors (Lipinski definition) is 2. The van der Waals surface area contributed by atoms with Crippen molar-refractivity contribution in [3.05, 3.63) is 30.1 Å². The minimum atomic E-state index is -1.01. The van der Waals surface area contributed by atoms with Gasteiger partial charge in [-0.3, -0.25) is 4.79 Å². The molecule has 1 aliphatic rings. The van der Waals surface area contributed by atoms with E-state index in [4.69, 9.17) is 9.47 Å². The van der Waals surface area contributed by atoms with Crippen molar-refractivity contribution in [3.8, 4) is 5.75 Å². The molecule has 1 amide bonds.